The van der Waals surface area contributed by atoms with Crippen LogP contribution in [0.25, 0.3) is 10.9 Å². The van der Waals surface area contributed by atoms with Crippen molar-refractivity contribution < 1.29 is 9.53 Å². The lowest BCUT2D eigenvalue weighted by molar-refractivity contribution is 0.0243. The molecule has 1 unspecified atom stereocenters. The second kappa shape index (κ2) is 10.0. The fraction of sp³-hybridized carbons (Fsp3) is 0.375. The van der Waals surface area contributed by atoms with Crippen LogP contribution in [0.2, 0.25) is 0 Å². The Kier molecular flexibility index (Phi) is 6.80. The summed E-state index contributed by atoms with van der Waals surface area (Å²) in [5.74, 6) is -0.315. The number of cyclic esters (lactones) is 1. The van der Waals surface area contributed by atoms with Gasteiger partial charge in [0.1, 0.15) is 5.69 Å². The normalized spacial score (nSPS) is 16.7. The van der Waals surface area contributed by atoms with Gasteiger partial charge in [0.05, 0.1) is 5.56 Å². The zero-order valence-electron chi connectivity index (χ0n) is 22.7. The van der Waals surface area contributed by atoms with Crippen molar-refractivity contribution in [2.75, 3.05) is 18.0 Å². The zero-order chi connectivity index (χ0) is 26.2. The van der Waals surface area contributed by atoms with E-state index in [1.165, 1.54) is 11.3 Å². The molecule has 0 saturated carbocycles. The summed E-state index contributed by atoms with van der Waals surface area (Å²) in [5, 5.41) is 1.10. The van der Waals surface area contributed by atoms with Crippen LogP contribution >= 0.6 is 0 Å². The summed E-state index contributed by atoms with van der Waals surface area (Å²) in [5.41, 5.74) is 6.83. The number of hydrogen-bond acceptors (Lipinski definition) is 4. The van der Waals surface area contributed by atoms with E-state index in [-0.39, 0.29) is 5.97 Å². The van der Waals surface area contributed by atoms with Crippen molar-refractivity contribution in [3.63, 3.8) is 0 Å². The van der Waals surface area contributed by atoms with E-state index in [0.29, 0.717) is 11.3 Å². The Morgan fingerprint density at radius 1 is 1.00 bits per heavy atom. The Morgan fingerprint density at radius 2 is 1.78 bits per heavy atom. The van der Waals surface area contributed by atoms with Crippen LogP contribution in [0.15, 0.2) is 60.8 Å². The summed E-state index contributed by atoms with van der Waals surface area (Å²) in [6, 6.07) is 18.8. The summed E-state index contributed by atoms with van der Waals surface area (Å²) in [4.78, 5) is 20.7. The summed E-state index contributed by atoms with van der Waals surface area (Å²) >= 11 is 0. The van der Waals surface area contributed by atoms with Crippen LogP contribution in [0.4, 0.5) is 5.69 Å². The van der Waals surface area contributed by atoms with Gasteiger partial charge in [-0.05, 0) is 76.4 Å². The molecular weight excluding hydrogens is 458 g/mol. The quantitative estimate of drug-likeness (QED) is 0.234. The van der Waals surface area contributed by atoms with E-state index in [1.54, 1.807) is 6.20 Å². The first kappa shape index (κ1) is 25.1. The van der Waals surface area contributed by atoms with Crippen LogP contribution in [0, 0.1) is 6.92 Å². The Labute approximate surface area is 220 Å². The number of pyridine rings is 1. The lowest BCUT2D eigenvalue weighted by Gasteiger charge is -2.33. The number of fused-ring (bicyclic) bond motifs is 2. The molecule has 0 fully saturated rings. The van der Waals surface area contributed by atoms with Crippen molar-refractivity contribution >= 4 is 22.6 Å². The highest BCUT2D eigenvalue weighted by atomic mass is 16.6. The minimum absolute atomic E-state index is 0.315. The number of anilines is 1. The highest BCUT2D eigenvalue weighted by molar-refractivity contribution is 5.98. The number of unbranched alkanes of at least 4 members (excludes halogenated alkanes) is 1. The predicted molar refractivity (Wildman–Crippen MR) is 150 cm³/mol. The van der Waals surface area contributed by atoms with Crippen LogP contribution < -0.4 is 4.90 Å². The summed E-state index contributed by atoms with van der Waals surface area (Å²) in [6.07, 6.45) is 4.84. The summed E-state index contributed by atoms with van der Waals surface area (Å²) < 4.78 is 8.90. The number of aryl methyl sites for hydroxylation is 2. The minimum atomic E-state index is -1.11. The van der Waals surface area contributed by atoms with E-state index in [4.69, 9.17) is 9.72 Å². The molecule has 0 bridgehead atoms. The minimum Gasteiger partial charge on any atom is -0.439 e. The molecule has 0 N–H and O–H groups in total. The van der Waals surface area contributed by atoms with Gasteiger partial charge in [0.25, 0.3) is 0 Å². The lowest BCUT2D eigenvalue weighted by Crippen LogP contribution is -2.33. The smallest absolute Gasteiger partial charge is 0.341 e. The highest BCUT2D eigenvalue weighted by Crippen LogP contribution is 2.51. The molecule has 2 aromatic carbocycles. The molecule has 37 heavy (non-hydrogen) atoms. The molecule has 0 amide bonds. The summed E-state index contributed by atoms with van der Waals surface area (Å²) in [6.45, 7) is 13.6. The number of carbonyl (C=O) groups is 1. The molecule has 1 aliphatic rings. The van der Waals surface area contributed by atoms with E-state index >= 15 is 0 Å². The Hall–Kier alpha value is -3.60. The Balaban J connectivity index is 1.89. The van der Waals surface area contributed by atoms with Crippen molar-refractivity contribution in [2.45, 2.75) is 66.0 Å². The van der Waals surface area contributed by atoms with Crippen molar-refractivity contribution in [2.24, 2.45) is 0 Å². The molecule has 5 rings (SSSR count). The average molecular weight is 496 g/mol. The second-order valence-corrected chi connectivity index (χ2v) is 9.81. The van der Waals surface area contributed by atoms with E-state index in [2.05, 4.69) is 86.6 Å². The number of nitrogens with zero attached hydrogens (tertiary/aromatic N) is 3. The van der Waals surface area contributed by atoms with Crippen molar-refractivity contribution in [3.05, 3.63) is 94.4 Å². The fourth-order valence-electron chi connectivity index (χ4n) is 6.15. The molecule has 1 aliphatic heterocycles. The number of hydrogen-bond donors (Lipinski definition) is 0. The molecule has 0 radical (unpaired) electrons. The molecule has 192 valence electrons. The number of esters is 1. The maximum absolute atomic E-state index is 13.5. The maximum Gasteiger partial charge on any atom is 0.341 e. The third kappa shape index (κ3) is 3.83. The molecule has 2 aromatic heterocycles. The van der Waals surface area contributed by atoms with Crippen molar-refractivity contribution in [1.29, 1.82) is 0 Å². The molecule has 0 saturated heterocycles. The van der Waals surface area contributed by atoms with Gasteiger partial charge in [-0.2, -0.15) is 0 Å². The van der Waals surface area contributed by atoms with Gasteiger partial charge in [0, 0.05) is 59.2 Å². The number of rotatable bonds is 9. The van der Waals surface area contributed by atoms with E-state index < -0.39 is 5.60 Å². The van der Waals surface area contributed by atoms with Gasteiger partial charge in [0.15, 0.2) is 0 Å². The van der Waals surface area contributed by atoms with Gasteiger partial charge in [-0.3, -0.25) is 4.98 Å². The Morgan fingerprint density at radius 3 is 2.51 bits per heavy atom. The SMILES string of the molecule is CCCCc1cc(N(CC)CC)ccc1C1(c2c(C)n(CC)c3ccccc23)OC(=O)c2cccnc21. The van der Waals surface area contributed by atoms with E-state index in [1.807, 2.05) is 12.1 Å². The third-order valence-electron chi connectivity index (χ3n) is 7.90. The van der Waals surface area contributed by atoms with Crippen LogP contribution in [0.3, 0.4) is 0 Å². The largest absolute Gasteiger partial charge is 0.439 e. The first-order valence-corrected chi connectivity index (χ1v) is 13.7. The molecule has 4 aromatic rings. The van der Waals surface area contributed by atoms with E-state index in [0.717, 1.165) is 66.6 Å². The lowest BCUT2D eigenvalue weighted by atomic mass is 9.78. The molecule has 1 atom stereocenters. The number of ether oxygens (including phenoxy) is 1. The first-order chi connectivity index (χ1) is 18.0. The van der Waals surface area contributed by atoms with Gasteiger partial charge in [0.2, 0.25) is 5.60 Å². The van der Waals surface area contributed by atoms with E-state index in [9.17, 15) is 4.79 Å². The third-order valence-corrected chi connectivity index (χ3v) is 7.90. The second-order valence-electron chi connectivity index (χ2n) is 9.81. The number of carbonyl (C=O) groups excluding carboxylic acids is 1. The fourth-order valence-corrected chi connectivity index (χ4v) is 6.15. The van der Waals surface area contributed by atoms with Gasteiger partial charge in [-0.15, -0.1) is 0 Å². The van der Waals surface area contributed by atoms with Gasteiger partial charge in [-0.25, -0.2) is 4.79 Å². The summed E-state index contributed by atoms with van der Waals surface area (Å²) in [7, 11) is 0. The zero-order valence-corrected chi connectivity index (χ0v) is 22.7. The van der Waals surface area contributed by atoms with Gasteiger partial charge in [-0.1, -0.05) is 37.6 Å². The van der Waals surface area contributed by atoms with Crippen LogP contribution in [-0.4, -0.2) is 28.6 Å². The number of benzene rings is 2. The van der Waals surface area contributed by atoms with Gasteiger partial charge < -0.3 is 14.2 Å². The average Bonchev–Trinajstić information content (AvgIpc) is 3.39. The van der Waals surface area contributed by atoms with Crippen LogP contribution in [0.5, 0.6) is 0 Å². The molecule has 5 nitrogen and oxygen atoms in total. The molecule has 5 heteroatoms. The maximum atomic E-state index is 13.5. The molecule has 3 heterocycles. The topological polar surface area (TPSA) is 47.4 Å². The monoisotopic (exact) mass is 495 g/mol. The molecule has 0 aliphatic carbocycles. The van der Waals surface area contributed by atoms with Crippen LogP contribution in [0.1, 0.15) is 79.0 Å². The van der Waals surface area contributed by atoms with Crippen molar-refractivity contribution in [3.8, 4) is 0 Å². The number of para-hydroxylation sites is 1. The standard InChI is InChI=1S/C32H37N3O2/c1-6-10-14-23-21-24(34(7-2)8-3)18-19-27(23)32(30-26(31(36)37-32)16-13-20-33-30)29-22(5)35(9-4)28-17-12-11-15-25(28)29/h11-13,15-21H,6-10,14H2,1-5H3. The highest BCUT2D eigenvalue weighted by Gasteiger charge is 2.53. The van der Waals surface area contributed by atoms with Gasteiger partial charge >= 0.3 is 5.97 Å². The molecular formula is C32H37N3O2. The predicted octanol–water partition coefficient (Wildman–Crippen LogP) is 7.02. The van der Waals surface area contributed by atoms with Crippen molar-refractivity contribution in [1.82, 2.24) is 9.55 Å². The number of aromatic nitrogens is 2. The van der Waals surface area contributed by atoms with Crippen LogP contribution in [-0.2, 0) is 23.3 Å². The molecule has 0 spiro atoms. The first-order valence-electron chi connectivity index (χ1n) is 13.7. The Bertz CT molecular complexity index is 1450.